The van der Waals surface area contributed by atoms with E-state index in [1.807, 2.05) is 0 Å². The number of furan rings is 1. The van der Waals surface area contributed by atoms with E-state index in [1.165, 1.54) is 6.07 Å². The molecule has 2 aromatic rings. The summed E-state index contributed by atoms with van der Waals surface area (Å²) in [6.07, 6.45) is 2.68. The van der Waals surface area contributed by atoms with Gasteiger partial charge in [0, 0.05) is 12.3 Å². The Morgan fingerprint density at radius 2 is 2.06 bits per heavy atom. The standard InChI is InChI=1S/C13H11FO2/c14-13-6-2-1-5-12(13)10(9-15)8-11-4-3-7-16-11/h1-7,9-10H,8H2. The molecule has 0 amide bonds. The lowest BCUT2D eigenvalue weighted by molar-refractivity contribution is -0.109. The van der Waals surface area contributed by atoms with Crippen LogP contribution in [0.5, 0.6) is 0 Å². The Labute approximate surface area is 92.7 Å². The molecule has 1 unspecified atom stereocenters. The van der Waals surface area contributed by atoms with Crippen LogP contribution in [0.25, 0.3) is 0 Å². The van der Waals surface area contributed by atoms with Crippen molar-refractivity contribution in [1.82, 2.24) is 0 Å². The van der Waals surface area contributed by atoms with E-state index in [9.17, 15) is 9.18 Å². The predicted molar refractivity (Wildman–Crippen MR) is 57.6 cm³/mol. The van der Waals surface area contributed by atoms with Gasteiger partial charge in [0.2, 0.25) is 0 Å². The molecule has 82 valence electrons. The van der Waals surface area contributed by atoms with Gasteiger partial charge < -0.3 is 9.21 Å². The molecule has 1 aromatic heterocycles. The molecule has 0 bridgehead atoms. The zero-order valence-corrected chi connectivity index (χ0v) is 8.60. The summed E-state index contributed by atoms with van der Waals surface area (Å²) in [4.78, 5) is 11.0. The average Bonchev–Trinajstić information content (AvgIpc) is 2.80. The largest absolute Gasteiger partial charge is 0.469 e. The van der Waals surface area contributed by atoms with E-state index in [0.29, 0.717) is 17.7 Å². The van der Waals surface area contributed by atoms with E-state index in [4.69, 9.17) is 4.42 Å². The third-order valence-electron chi connectivity index (χ3n) is 2.47. The van der Waals surface area contributed by atoms with Gasteiger partial charge in [-0.2, -0.15) is 0 Å². The summed E-state index contributed by atoms with van der Waals surface area (Å²) in [6.45, 7) is 0. The molecule has 0 aliphatic heterocycles. The van der Waals surface area contributed by atoms with Gasteiger partial charge in [0.05, 0.1) is 6.26 Å². The molecule has 2 nitrogen and oxygen atoms in total. The van der Waals surface area contributed by atoms with Crippen LogP contribution in [-0.4, -0.2) is 6.29 Å². The average molecular weight is 218 g/mol. The van der Waals surface area contributed by atoms with Crippen molar-refractivity contribution in [2.45, 2.75) is 12.3 Å². The van der Waals surface area contributed by atoms with Gasteiger partial charge in [-0.15, -0.1) is 0 Å². The Kier molecular flexibility index (Phi) is 3.15. The first-order valence-corrected chi connectivity index (χ1v) is 5.03. The van der Waals surface area contributed by atoms with Crippen molar-refractivity contribution in [3.63, 3.8) is 0 Å². The van der Waals surface area contributed by atoms with Crippen LogP contribution < -0.4 is 0 Å². The van der Waals surface area contributed by atoms with Gasteiger partial charge in [-0.05, 0) is 23.8 Å². The predicted octanol–water partition coefficient (Wildman–Crippen LogP) is 2.94. The number of carbonyl (C=O) groups is 1. The minimum absolute atomic E-state index is 0.355. The second-order valence-corrected chi connectivity index (χ2v) is 3.55. The number of hydrogen-bond acceptors (Lipinski definition) is 2. The van der Waals surface area contributed by atoms with Crippen LogP contribution in [0.1, 0.15) is 17.2 Å². The molecule has 2 rings (SSSR count). The van der Waals surface area contributed by atoms with Crippen LogP contribution in [0.15, 0.2) is 47.1 Å². The van der Waals surface area contributed by atoms with E-state index in [-0.39, 0.29) is 5.82 Å². The monoisotopic (exact) mass is 218 g/mol. The lowest BCUT2D eigenvalue weighted by Crippen LogP contribution is -2.06. The van der Waals surface area contributed by atoms with Gasteiger partial charge in [0.25, 0.3) is 0 Å². The molecule has 0 fully saturated rings. The number of aldehydes is 1. The maximum Gasteiger partial charge on any atom is 0.128 e. The van der Waals surface area contributed by atoms with Crippen molar-refractivity contribution < 1.29 is 13.6 Å². The summed E-state index contributed by atoms with van der Waals surface area (Å²) >= 11 is 0. The van der Waals surface area contributed by atoms with Gasteiger partial charge in [0.1, 0.15) is 17.9 Å². The highest BCUT2D eigenvalue weighted by molar-refractivity contribution is 5.62. The number of halogens is 1. The van der Waals surface area contributed by atoms with Crippen molar-refractivity contribution in [3.05, 3.63) is 59.8 Å². The fraction of sp³-hybridized carbons (Fsp3) is 0.154. The third-order valence-corrected chi connectivity index (χ3v) is 2.47. The minimum Gasteiger partial charge on any atom is -0.469 e. The van der Waals surface area contributed by atoms with Gasteiger partial charge in [0.15, 0.2) is 0 Å². The minimum atomic E-state index is -0.493. The second kappa shape index (κ2) is 4.75. The van der Waals surface area contributed by atoms with E-state index in [2.05, 4.69) is 0 Å². The molecular formula is C13H11FO2. The number of benzene rings is 1. The summed E-state index contributed by atoms with van der Waals surface area (Å²) in [6, 6.07) is 9.83. The molecule has 0 aliphatic carbocycles. The number of carbonyl (C=O) groups excluding carboxylic acids is 1. The molecule has 1 heterocycles. The van der Waals surface area contributed by atoms with Gasteiger partial charge in [-0.3, -0.25) is 0 Å². The zero-order chi connectivity index (χ0) is 11.4. The summed E-state index contributed by atoms with van der Waals surface area (Å²) in [5.41, 5.74) is 0.411. The van der Waals surface area contributed by atoms with Crippen molar-refractivity contribution in [1.29, 1.82) is 0 Å². The van der Waals surface area contributed by atoms with Gasteiger partial charge in [-0.25, -0.2) is 4.39 Å². The van der Waals surface area contributed by atoms with Crippen LogP contribution in [0.4, 0.5) is 4.39 Å². The van der Waals surface area contributed by atoms with Crippen LogP contribution in [-0.2, 0) is 11.2 Å². The smallest absolute Gasteiger partial charge is 0.128 e. The lowest BCUT2D eigenvalue weighted by atomic mass is 9.96. The Morgan fingerprint density at radius 1 is 1.25 bits per heavy atom. The second-order valence-electron chi connectivity index (χ2n) is 3.55. The molecular weight excluding hydrogens is 207 g/mol. The lowest BCUT2D eigenvalue weighted by Gasteiger charge is -2.09. The van der Waals surface area contributed by atoms with E-state index in [0.717, 1.165) is 6.29 Å². The first-order valence-electron chi connectivity index (χ1n) is 5.03. The highest BCUT2D eigenvalue weighted by Gasteiger charge is 2.16. The Bertz CT molecular complexity index is 463. The molecule has 0 saturated carbocycles. The summed E-state index contributed by atoms with van der Waals surface area (Å²) in [7, 11) is 0. The molecule has 0 radical (unpaired) electrons. The van der Waals surface area contributed by atoms with Crippen molar-refractivity contribution in [2.75, 3.05) is 0 Å². The van der Waals surface area contributed by atoms with E-state index < -0.39 is 5.92 Å². The SMILES string of the molecule is O=CC(Cc1ccco1)c1ccccc1F. The fourth-order valence-electron chi connectivity index (χ4n) is 1.65. The van der Waals surface area contributed by atoms with Crippen molar-refractivity contribution >= 4 is 6.29 Å². The Morgan fingerprint density at radius 3 is 2.69 bits per heavy atom. The molecule has 0 N–H and O–H groups in total. The Hall–Kier alpha value is -1.90. The molecule has 1 aromatic carbocycles. The fourth-order valence-corrected chi connectivity index (χ4v) is 1.65. The third kappa shape index (κ3) is 2.19. The highest BCUT2D eigenvalue weighted by Crippen LogP contribution is 2.21. The maximum atomic E-state index is 13.5. The quantitative estimate of drug-likeness (QED) is 0.738. The van der Waals surface area contributed by atoms with E-state index in [1.54, 1.807) is 36.6 Å². The molecule has 1 atom stereocenters. The van der Waals surface area contributed by atoms with Crippen molar-refractivity contribution in [3.8, 4) is 0 Å². The molecule has 0 saturated heterocycles. The normalized spacial score (nSPS) is 12.3. The zero-order valence-electron chi connectivity index (χ0n) is 8.60. The van der Waals surface area contributed by atoms with E-state index >= 15 is 0 Å². The van der Waals surface area contributed by atoms with Crippen molar-refractivity contribution in [2.24, 2.45) is 0 Å². The summed E-state index contributed by atoms with van der Waals surface area (Å²) < 4.78 is 18.6. The molecule has 0 spiro atoms. The first-order chi connectivity index (χ1) is 7.81. The van der Waals surface area contributed by atoms with Crippen LogP contribution in [0.2, 0.25) is 0 Å². The van der Waals surface area contributed by atoms with Crippen LogP contribution in [0, 0.1) is 5.82 Å². The first kappa shape index (κ1) is 10.6. The van der Waals surface area contributed by atoms with Gasteiger partial charge in [-0.1, -0.05) is 18.2 Å². The maximum absolute atomic E-state index is 13.5. The highest BCUT2D eigenvalue weighted by atomic mass is 19.1. The number of rotatable bonds is 4. The topological polar surface area (TPSA) is 30.2 Å². The number of hydrogen-bond donors (Lipinski definition) is 0. The summed E-state index contributed by atoms with van der Waals surface area (Å²) in [5.74, 6) is -0.168. The van der Waals surface area contributed by atoms with Crippen LogP contribution >= 0.6 is 0 Å². The molecule has 3 heteroatoms. The van der Waals surface area contributed by atoms with Crippen LogP contribution in [0.3, 0.4) is 0 Å². The molecule has 0 aliphatic rings. The summed E-state index contributed by atoms with van der Waals surface area (Å²) in [5, 5.41) is 0. The Balaban J connectivity index is 2.23. The van der Waals surface area contributed by atoms with Gasteiger partial charge >= 0.3 is 0 Å². The molecule has 16 heavy (non-hydrogen) atoms.